The molecule has 0 radical (unpaired) electrons. The van der Waals surface area contributed by atoms with Gasteiger partial charge in [0.25, 0.3) is 5.91 Å². The quantitative estimate of drug-likeness (QED) is 0.916. The van der Waals surface area contributed by atoms with Gasteiger partial charge in [0.2, 0.25) is 0 Å². The van der Waals surface area contributed by atoms with Gasteiger partial charge in [0.05, 0.1) is 12.7 Å². The topological polar surface area (TPSA) is 64.8 Å². The highest BCUT2D eigenvalue weighted by Gasteiger charge is 2.31. The van der Waals surface area contributed by atoms with Crippen LogP contribution in [0.3, 0.4) is 0 Å². The fourth-order valence-corrected chi connectivity index (χ4v) is 2.03. The Labute approximate surface area is 119 Å². The van der Waals surface area contributed by atoms with Crippen LogP contribution in [0.15, 0.2) is 24.3 Å². The number of ether oxygens (including phenoxy) is 2. The van der Waals surface area contributed by atoms with Crippen LogP contribution in [0.5, 0.6) is 5.75 Å². The van der Waals surface area contributed by atoms with Crippen LogP contribution in [-0.2, 0) is 4.74 Å². The second-order valence-electron chi connectivity index (χ2n) is 4.55. The lowest BCUT2D eigenvalue weighted by molar-refractivity contribution is -0.274. The van der Waals surface area contributed by atoms with Crippen molar-refractivity contribution in [1.82, 2.24) is 4.90 Å². The molecule has 1 atom stereocenters. The number of amides is 1. The molecule has 0 spiro atoms. The lowest BCUT2D eigenvalue weighted by atomic mass is 10.1. The van der Waals surface area contributed by atoms with E-state index in [-0.39, 0.29) is 17.8 Å². The number of morpholine rings is 1. The number of nitrogens with two attached hydrogens (primary N) is 1. The largest absolute Gasteiger partial charge is 0.573 e. The average Bonchev–Trinajstić information content (AvgIpc) is 2.46. The van der Waals surface area contributed by atoms with E-state index in [9.17, 15) is 18.0 Å². The number of alkyl halides is 3. The number of benzene rings is 1. The predicted octanol–water partition coefficient (Wildman–Crippen LogP) is 1.38. The molecule has 0 saturated carbocycles. The minimum absolute atomic E-state index is 0.212. The first-order chi connectivity index (χ1) is 9.89. The van der Waals surface area contributed by atoms with Crippen molar-refractivity contribution in [3.8, 4) is 5.75 Å². The third-order valence-electron chi connectivity index (χ3n) is 3.02. The Morgan fingerprint density at radius 2 is 2.05 bits per heavy atom. The molecule has 1 saturated heterocycles. The summed E-state index contributed by atoms with van der Waals surface area (Å²) < 4.78 is 45.3. The molecule has 5 nitrogen and oxygen atoms in total. The molecule has 0 aliphatic carbocycles. The minimum atomic E-state index is -4.75. The van der Waals surface area contributed by atoms with E-state index in [1.807, 2.05) is 0 Å². The number of nitrogens with zero attached hydrogens (tertiary/aromatic N) is 1. The van der Waals surface area contributed by atoms with Crippen molar-refractivity contribution in [2.75, 3.05) is 26.2 Å². The summed E-state index contributed by atoms with van der Waals surface area (Å²) in [6, 6.07) is 4.83. The highest BCUT2D eigenvalue weighted by molar-refractivity contribution is 5.94. The van der Waals surface area contributed by atoms with Gasteiger partial charge in [-0.2, -0.15) is 0 Å². The monoisotopic (exact) mass is 304 g/mol. The van der Waals surface area contributed by atoms with Gasteiger partial charge >= 0.3 is 6.36 Å². The van der Waals surface area contributed by atoms with Gasteiger partial charge in [-0.1, -0.05) is 0 Å². The van der Waals surface area contributed by atoms with Gasteiger partial charge < -0.3 is 20.1 Å². The molecule has 2 rings (SSSR count). The third-order valence-corrected chi connectivity index (χ3v) is 3.02. The summed E-state index contributed by atoms with van der Waals surface area (Å²) >= 11 is 0. The number of hydrogen-bond donors (Lipinski definition) is 1. The lowest BCUT2D eigenvalue weighted by Gasteiger charge is -2.32. The molecule has 116 valence electrons. The SMILES string of the molecule is NCC1CN(C(=O)c2ccc(OC(F)(F)F)cc2)CCO1. The van der Waals surface area contributed by atoms with Crippen molar-refractivity contribution in [3.05, 3.63) is 29.8 Å². The molecule has 1 fully saturated rings. The van der Waals surface area contributed by atoms with Gasteiger partial charge in [0.1, 0.15) is 5.75 Å². The Morgan fingerprint density at radius 1 is 1.38 bits per heavy atom. The molecule has 1 aromatic rings. The van der Waals surface area contributed by atoms with E-state index in [4.69, 9.17) is 10.5 Å². The second kappa shape index (κ2) is 6.31. The highest BCUT2D eigenvalue weighted by atomic mass is 19.4. The first kappa shape index (κ1) is 15.6. The van der Waals surface area contributed by atoms with Crippen molar-refractivity contribution >= 4 is 5.91 Å². The summed E-state index contributed by atoms with van der Waals surface area (Å²) in [5.41, 5.74) is 5.79. The Morgan fingerprint density at radius 3 is 2.62 bits per heavy atom. The Kier molecular flexibility index (Phi) is 4.69. The molecule has 1 unspecified atom stereocenters. The van der Waals surface area contributed by atoms with Crippen molar-refractivity contribution in [3.63, 3.8) is 0 Å². The average molecular weight is 304 g/mol. The summed E-state index contributed by atoms with van der Waals surface area (Å²) in [6.45, 7) is 1.50. The van der Waals surface area contributed by atoms with Crippen LogP contribution in [0.4, 0.5) is 13.2 Å². The third kappa shape index (κ3) is 4.33. The van der Waals surface area contributed by atoms with E-state index in [1.54, 1.807) is 4.90 Å². The van der Waals surface area contributed by atoms with Gasteiger partial charge in [0.15, 0.2) is 0 Å². The van der Waals surface area contributed by atoms with Crippen molar-refractivity contribution < 1.29 is 27.4 Å². The zero-order chi connectivity index (χ0) is 15.5. The van der Waals surface area contributed by atoms with Crippen LogP contribution in [-0.4, -0.2) is 49.5 Å². The van der Waals surface area contributed by atoms with Crippen LogP contribution < -0.4 is 10.5 Å². The van der Waals surface area contributed by atoms with E-state index < -0.39 is 6.36 Å². The first-order valence-electron chi connectivity index (χ1n) is 6.36. The second-order valence-corrected chi connectivity index (χ2v) is 4.55. The van der Waals surface area contributed by atoms with Crippen LogP contribution in [0, 0.1) is 0 Å². The first-order valence-corrected chi connectivity index (χ1v) is 6.36. The van der Waals surface area contributed by atoms with Crippen LogP contribution in [0.1, 0.15) is 10.4 Å². The molecule has 1 heterocycles. The van der Waals surface area contributed by atoms with E-state index in [1.165, 1.54) is 12.1 Å². The lowest BCUT2D eigenvalue weighted by Crippen LogP contribution is -2.48. The summed E-state index contributed by atoms with van der Waals surface area (Å²) in [7, 11) is 0. The van der Waals surface area contributed by atoms with Gasteiger partial charge in [0, 0.05) is 25.2 Å². The molecule has 0 aromatic heterocycles. The summed E-state index contributed by atoms with van der Waals surface area (Å²) in [5.74, 6) is -0.629. The minimum Gasteiger partial charge on any atom is -0.406 e. The molecule has 8 heteroatoms. The highest BCUT2D eigenvalue weighted by Crippen LogP contribution is 2.23. The molecule has 1 aliphatic rings. The number of rotatable bonds is 3. The van der Waals surface area contributed by atoms with Crippen LogP contribution >= 0.6 is 0 Å². The maximum atomic E-state index is 12.2. The van der Waals surface area contributed by atoms with E-state index >= 15 is 0 Å². The van der Waals surface area contributed by atoms with E-state index in [0.717, 1.165) is 12.1 Å². The maximum Gasteiger partial charge on any atom is 0.573 e. The van der Waals surface area contributed by atoms with Gasteiger partial charge in [-0.15, -0.1) is 13.2 Å². The van der Waals surface area contributed by atoms with E-state index in [2.05, 4.69) is 4.74 Å². The molecule has 21 heavy (non-hydrogen) atoms. The molecular weight excluding hydrogens is 289 g/mol. The maximum absolute atomic E-state index is 12.2. The summed E-state index contributed by atoms with van der Waals surface area (Å²) in [6.07, 6.45) is -4.96. The molecule has 2 N–H and O–H groups in total. The van der Waals surface area contributed by atoms with Crippen molar-refractivity contribution in [1.29, 1.82) is 0 Å². The predicted molar refractivity (Wildman–Crippen MR) is 67.8 cm³/mol. The molecule has 1 aromatic carbocycles. The fourth-order valence-electron chi connectivity index (χ4n) is 2.03. The Hall–Kier alpha value is -1.80. The van der Waals surface area contributed by atoms with Crippen molar-refractivity contribution in [2.45, 2.75) is 12.5 Å². The van der Waals surface area contributed by atoms with E-state index in [0.29, 0.717) is 31.8 Å². The molecule has 1 amide bonds. The summed E-state index contributed by atoms with van der Waals surface area (Å²) in [5, 5.41) is 0. The zero-order valence-electron chi connectivity index (χ0n) is 11.1. The van der Waals surface area contributed by atoms with Crippen molar-refractivity contribution in [2.24, 2.45) is 5.73 Å². The Balaban J connectivity index is 2.02. The van der Waals surface area contributed by atoms with Gasteiger partial charge in [-0.05, 0) is 24.3 Å². The van der Waals surface area contributed by atoms with Crippen LogP contribution in [0.2, 0.25) is 0 Å². The molecular formula is C13H15F3N2O3. The number of halogens is 3. The normalized spacial score (nSPS) is 19.4. The summed E-state index contributed by atoms with van der Waals surface area (Å²) in [4.78, 5) is 13.8. The zero-order valence-corrected chi connectivity index (χ0v) is 11.1. The number of carbonyl (C=O) groups excluding carboxylic acids is 1. The Bertz CT molecular complexity index is 490. The van der Waals surface area contributed by atoms with Gasteiger partial charge in [-0.3, -0.25) is 4.79 Å². The fraction of sp³-hybridized carbons (Fsp3) is 0.462. The molecule has 1 aliphatic heterocycles. The standard InChI is InChI=1S/C13H15F3N2O3/c14-13(15,16)21-10-3-1-9(2-4-10)12(19)18-5-6-20-11(7-17)8-18/h1-4,11H,5-8,17H2. The molecule has 0 bridgehead atoms. The van der Waals surface area contributed by atoms with Gasteiger partial charge in [-0.25, -0.2) is 0 Å². The smallest absolute Gasteiger partial charge is 0.406 e. The van der Waals surface area contributed by atoms with Crippen LogP contribution in [0.25, 0.3) is 0 Å². The number of hydrogen-bond acceptors (Lipinski definition) is 4. The number of carbonyl (C=O) groups is 1.